The van der Waals surface area contributed by atoms with E-state index in [0.29, 0.717) is 13.2 Å². The summed E-state index contributed by atoms with van der Waals surface area (Å²) >= 11 is 0. The zero-order valence-electron chi connectivity index (χ0n) is 12.0. The van der Waals surface area contributed by atoms with Gasteiger partial charge in [-0.25, -0.2) is 4.98 Å². The summed E-state index contributed by atoms with van der Waals surface area (Å²) in [5, 5.41) is 3.24. The quantitative estimate of drug-likeness (QED) is 0.877. The molecule has 0 aliphatic heterocycles. The lowest BCUT2D eigenvalue weighted by atomic mass is 10.2. The van der Waals surface area contributed by atoms with E-state index in [4.69, 9.17) is 9.47 Å². The highest BCUT2D eigenvalue weighted by Gasteiger charge is 2.05. The molecule has 1 aromatic carbocycles. The Kier molecular flexibility index (Phi) is 4.76. The molecule has 106 valence electrons. The molecule has 0 saturated heterocycles. The number of nitrogens with one attached hydrogen (secondary N) is 1. The number of hydrogen-bond acceptors (Lipinski definition) is 5. The Morgan fingerprint density at radius 2 is 2.05 bits per heavy atom. The van der Waals surface area contributed by atoms with Gasteiger partial charge in [0.15, 0.2) is 11.5 Å². The summed E-state index contributed by atoms with van der Waals surface area (Å²) in [5.41, 5.74) is 1.98. The maximum atomic E-state index is 5.56. The predicted molar refractivity (Wildman–Crippen MR) is 78.3 cm³/mol. The van der Waals surface area contributed by atoms with Crippen LogP contribution in [0.3, 0.4) is 0 Å². The van der Waals surface area contributed by atoms with Gasteiger partial charge in [0.25, 0.3) is 0 Å². The number of nitrogens with zero attached hydrogens (tertiary/aromatic N) is 2. The van der Waals surface area contributed by atoms with Gasteiger partial charge in [0.05, 0.1) is 25.6 Å². The summed E-state index contributed by atoms with van der Waals surface area (Å²) < 4.78 is 10.8. The van der Waals surface area contributed by atoms with Gasteiger partial charge in [0.2, 0.25) is 0 Å². The van der Waals surface area contributed by atoms with Crippen molar-refractivity contribution >= 4 is 5.82 Å². The Labute approximate surface area is 119 Å². The lowest BCUT2D eigenvalue weighted by molar-refractivity contribution is 0.310. The van der Waals surface area contributed by atoms with Crippen LogP contribution in [0.2, 0.25) is 0 Å². The number of ether oxygens (including phenoxy) is 2. The van der Waals surface area contributed by atoms with Crippen molar-refractivity contribution in [2.24, 2.45) is 0 Å². The zero-order chi connectivity index (χ0) is 14.4. The molecule has 1 N–H and O–H groups in total. The Morgan fingerprint density at radius 1 is 1.20 bits per heavy atom. The van der Waals surface area contributed by atoms with Crippen LogP contribution in [0.15, 0.2) is 30.6 Å². The van der Waals surface area contributed by atoms with Crippen molar-refractivity contribution in [3.05, 3.63) is 41.9 Å². The number of aryl methyl sites for hydroxylation is 1. The lowest BCUT2D eigenvalue weighted by Gasteiger charge is -2.12. The number of anilines is 1. The largest absolute Gasteiger partial charge is 0.493 e. The Hall–Kier alpha value is -2.30. The van der Waals surface area contributed by atoms with Gasteiger partial charge >= 0.3 is 0 Å². The molecule has 0 saturated carbocycles. The fraction of sp³-hybridized carbons (Fsp3) is 0.333. The predicted octanol–water partition coefficient (Wildman–Crippen LogP) is 2.80. The lowest BCUT2D eigenvalue weighted by Crippen LogP contribution is -2.03. The average Bonchev–Trinajstić information content (AvgIpc) is 2.46. The average molecular weight is 273 g/mol. The minimum atomic E-state index is 0.608. The summed E-state index contributed by atoms with van der Waals surface area (Å²) in [4.78, 5) is 8.45. The van der Waals surface area contributed by atoms with Crippen LogP contribution in [0.1, 0.15) is 18.2 Å². The third kappa shape index (κ3) is 3.60. The molecular weight excluding hydrogens is 254 g/mol. The Morgan fingerprint density at radius 3 is 2.75 bits per heavy atom. The molecule has 2 aromatic rings. The number of hydrogen-bond donors (Lipinski definition) is 1. The highest BCUT2D eigenvalue weighted by molar-refractivity contribution is 5.44. The first-order chi connectivity index (χ1) is 9.72. The Balaban J connectivity index is 2.07. The normalized spacial score (nSPS) is 10.2. The first kappa shape index (κ1) is 14.1. The van der Waals surface area contributed by atoms with Crippen molar-refractivity contribution in [2.45, 2.75) is 20.4 Å². The smallest absolute Gasteiger partial charge is 0.161 e. The Bertz CT molecular complexity index is 573. The molecule has 5 heteroatoms. The summed E-state index contributed by atoms with van der Waals surface area (Å²) in [6.07, 6.45) is 3.44. The highest BCUT2D eigenvalue weighted by atomic mass is 16.5. The summed E-state index contributed by atoms with van der Waals surface area (Å²) in [5.74, 6) is 2.26. The first-order valence-corrected chi connectivity index (χ1v) is 6.55. The van der Waals surface area contributed by atoms with Crippen LogP contribution < -0.4 is 14.8 Å². The van der Waals surface area contributed by atoms with Crippen LogP contribution in [0.25, 0.3) is 0 Å². The van der Waals surface area contributed by atoms with Gasteiger partial charge < -0.3 is 14.8 Å². The van der Waals surface area contributed by atoms with E-state index in [9.17, 15) is 0 Å². The molecule has 0 bridgehead atoms. The topological polar surface area (TPSA) is 56.3 Å². The van der Waals surface area contributed by atoms with Crippen molar-refractivity contribution in [1.29, 1.82) is 0 Å². The fourth-order valence-corrected chi connectivity index (χ4v) is 1.84. The molecule has 0 aliphatic carbocycles. The molecule has 2 rings (SSSR count). The van der Waals surface area contributed by atoms with Gasteiger partial charge in [-0.2, -0.15) is 0 Å². The van der Waals surface area contributed by atoms with Crippen LogP contribution in [0, 0.1) is 6.92 Å². The summed E-state index contributed by atoms with van der Waals surface area (Å²) in [6, 6.07) is 5.88. The van der Waals surface area contributed by atoms with Crippen LogP contribution in [0.5, 0.6) is 11.5 Å². The maximum absolute atomic E-state index is 5.56. The van der Waals surface area contributed by atoms with Crippen LogP contribution >= 0.6 is 0 Å². The second-order valence-electron chi connectivity index (χ2n) is 4.32. The van der Waals surface area contributed by atoms with Gasteiger partial charge in [-0.15, -0.1) is 0 Å². The third-order valence-electron chi connectivity index (χ3n) is 2.76. The van der Waals surface area contributed by atoms with E-state index in [-0.39, 0.29) is 0 Å². The number of methoxy groups -OCH3 is 1. The molecule has 20 heavy (non-hydrogen) atoms. The second kappa shape index (κ2) is 6.75. The molecule has 0 unspecified atom stereocenters. The monoisotopic (exact) mass is 273 g/mol. The van der Waals surface area contributed by atoms with Crippen LogP contribution in [0.4, 0.5) is 5.82 Å². The summed E-state index contributed by atoms with van der Waals surface area (Å²) in [7, 11) is 1.64. The number of aromatic nitrogens is 2. The molecule has 0 atom stereocenters. The van der Waals surface area contributed by atoms with E-state index in [1.165, 1.54) is 0 Å². The number of rotatable bonds is 6. The van der Waals surface area contributed by atoms with E-state index < -0.39 is 0 Å². The zero-order valence-corrected chi connectivity index (χ0v) is 12.0. The van der Waals surface area contributed by atoms with E-state index in [2.05, 4.69) is 15.3 Å². The molecule has 1 heterocycles. The molecule has 1 aromatic heterocycles. The van der Waals surface area contributed by atoms with E-state index >= 15 is 0 Å². The minimum Gasteiger partial charge on any atom is -0.493 e. The molecular formula is C15H19N3O2. The van der Waals surface area contributed by atoms with Crippen LogP contribution in [-0.2, 0) is 6.54 Å². The molecule has 0 radical (unpaired) electrons. The summed E-state index contributed by atoms with van der Waals surface area (Å²) in [6.45, 7) is 5.13. The fourth-order valence-electron chi connectivity index (χ4n) is 1.84. The third-order valence-corrected chi connectivity index (χ3v) is 2.76. The first-order valence-electron chi connectivity index (χ1n) is 6.55. The van der Waals surface area contributed by atoms with Gasteiger partial charge in [-0.1, -0.05) is 6.07 Å². The van der Waals surface area contributed by atoms with E-state index in [0.717, 1.165) is 28.6 Å². The molecule has 0 fully saturated rings. The second-order valence-corrected chi connectivity index (χ2v) is 4.32. The number of benzene rings is 1. The SMILES string of the molecule is CCOc1cc(CNc2cncc(C)n2)ccc1OC. The van der Waals surface area contributed by atoms with Gasteiger partial charge in [0.1, 0.15) is 5.82 Å². The van der Waals surface area contributed by atoms with E-state index in [1.807, 2.05) is 32.0 Å². The van der Waals surface area contributed by atoms with Crippen molar-refractivity contribution in [1.82, 2.24) is 9.97 Å². The van der Waals surface area contributed by atoms with E-state index in [1.54, 1.807) is 19.5 Å². The highest BCUT2D eigenvalue weighted by Crippen LogP contribution is 2.28. The molecule has 5 nitrogen and oxygen atoms in total. The molecule has 0 aliphatic rings. The van der Waals surface area contributed by atoms with Gasteiger partial charge in [-0.05, 0) is 31.5 Å². The molecule has 0 amide bonds. The van der Waals surface area contributed by atoms with Crippen molar-refractivity contribution < 1.29 is 9.47 Å². The van der Waals surface area contributed by atoms with Crippen molar-refractivity contribution in [3.63, 3.8) is 0 Å². The van der Waals surface area contributed by atoms with Gasteiger partial charge in [0, 0.05) is 12.7 Å². The standard InChI is InChI=1S/C15H19N3O2/c1-4-20-14-7-12(5-6-13(14)19-3)9-17-15-10-16-8-11(2)18-15/h5-8,10H,4,9H2,1-3H3,(H,17,18). The van der Waals surface area contributed by atoms with Crippen LogP contribution in [-0.4, -0.2) is 23.7 Å². The maximum Gasteiger partial charge on any atom is 0.161 e. The van der Waals surface area contributed by atoms with Crippen molar-refractivity contribution in [2.75, 3.05) is 19.0 Å². The molecule has 0 spiro atoms. The minimum absolute atomic E-state index is 0.608. The van der Waals surface area contributed by atoms with Gasteiger partial charge in [-0.3, -0.25) is 4.98 Å². The van der Waals surface area contributed by atoms with Crippen molar-refractivity contribution in [3.8, 4) is 11.5 Å².